The molecule has 1 aromatic heterocycles. The summed E-state index contributed by atoms with van der Waals surface area (Å²) in [5.74, 6) is -2.37. The summed E-state index contributed by atoms with van der Waals surface area (Å²) < 4.78 is 54.3. The van der Waals surface area contributed by atoms with Crippen molar-refractivity contribution in [3.8, 4) is 17.0 Å². The fraction of sp³-hybridized carbons (Fsp3) is 0.333. The highest BCUT2D eigenvalue weighted by atomic mass is 35.5. The molecule has 1 fully saturated rings. The molecule has 5 rings (SSSR count). The van der Waals surface area contributed by atoms with Gasteiger partial charge in [-0.25, -0.2) is 9.59 Å². The Morgan fingerprint density at radius 1 is 1.04 bits per heavy atom. The lowest BCUT2D eigenvalue weighted by Gasteiger charge is -2.34. The highest BCUT2D eigenvalue weighted by molar-refractivity contribution is 6.34. The van der Waals surface area contributed by atoms with Crippen LogP contribution in [0.3, 0.4) is 0 Å². The molecule has 0 saturated carbocycles. The zero-order valence-corrected chi connectivity index (χ0v) is 27.0. The van der Waals surface area contributed by atoms with Crippen molar-refractivity contribution in [2.24, 2.45) is 5.92 Å². The lowest BCUT2D eigenvalue weighted by atomic mass is 9.99. The first-order valence-electron chi connectivity index (χ1n) is 14.6. The van der Waals surface area contributed by atoms with Crippen molar-refractivity contribution in [3.63, 3.8) is 0 Å². The van der Waals surface area contributed by atoms with Gasteiger partial charge in [0.2, 0.25) is 0 Å². The van der Waals surface area contributed by atoms with E-state index in [0.717, 1.165) is 23.2 Å². The summed E-state index contributed by atoms with van der Waals surface area (Å²) in [6.07, 6.45) is -3.89. The highest BCUT2D eigenvalue weighted by Gasteiger charge is 2.37. The highest BCUT2D eigenvalue weighted by Crippen LogP contribution is 2.39. The van der Waals surface area contributed by atoms with Gasteiger partial charge in [-0.05, 0) is 82.1 Å². The van der Waals surface area contributed by atoms with E-state index in [4.69, 9.17) is 32.7 Å². The number of piperidine rings is 1. The van der Waals surface area contributed by atoms with Gasteiger partial charge in [0.15, 0.2) is 0 Å². The summed E-state index contributed by atoms with van der Waals surface area (Å²) in [5.41, 5.74) is -2.24. The zero-order valence-electron chi connectivity index (χ0n) is 25.5. The van der Waals surface area contributed by atoms with Crippen molar-refractivity contribution in [1.82, 2.24) is 14.7 Å². The number of carboxylic acids is 1. The van der Waals surface area contributed by atoms with E-state index >= 15 is 0 Å². The fourth-order valence-corrected chi connectivity index (χ4v) is 5.83. The average Bonchev–Trinajstić information content (AvgIpc) is 3.36. The molecule has 0 spiro atoms. The number of carbonyl (C=O) groups is 3. The maximum absolute atomic E-state index is 13.9. The van der Waals surface area contributed by atoms with E-state index in [-0.39, 0.29) is 45.6 Å². The monoisotopic (exact) mass is 691 g/mol. The van der Waals surface area contributed by atoms with Gasteiger partial charge in [-0.2, -0.15) is 23.0 Å². The molecule has 2 heterocycles. The van der Waals surface area contributed by atoms with Crippen molar-refractivity contribution in [2.75, 3.05) is 19.7 Å². The lowest BCUT2D eigenvalue weighted by molar-refractivity contribution is -0.137. The number of alkyl halides is 3. The van der Waals surface area contributed by atoms with E-state index < -0.39 is 45.9 Å². The number of hydrogen-bond acceptors (Lipinski definition) is 6. The molecule has 1 aliphatic rings. The van der Waals surface area contributed by atoms with Crippen LogP contribution in [0.5, 0.6) is 5.75 Å². The minimum atomic E-state index is -4.88. The molecule has 4 aromatic rings. The molecule has 3 aromatic carbocycles. The maximum Gasteiger partial charge on any atom is 0.417 e. The van der Waals surface area contributed by atoms with Crippen molar-refractivity contribution in [3.05, 3.63) is 81.3 Å². The summed E-state index contributed by atoms with van der Waals surface area (Å²) in [6, 6.07) is 11.5. The normalized spacial score (nSPS) is 15.5. The van der Waals surface area contributed by atoms with E-state index in [2.05, 4.69) is 5.10 Å². The van der Waals surface area contributed by atoms with E-state index in [1.807, 2.05) is 0 Å². The molecule has 0 aliphatic carbocycles. The first-order chi connectivity index (χ1) is 22.0. The third kappa shape index (κ3) is 7.49. The molecular formula is C33H30Cl2F3N3O6. The van der Waals surface area contributed by atoms with Crippen molar-refractivity contribution < 1.29 is 42.1 Å². The van der Waals surface area contributed by atoms with E-state index in [9.17, 15) is 32.7 Å². The van der Waals surface area contributed by atoms with E-state index in [1.54, 1.807) is 25.7 Å². The maximum atomic E-state index is 13.9. The number of aromatic nitrogens is 2. The molecule has 1 saturated heterocycles. The Morgan fingerprint density at radius 2 is 1.79 bits per heavy atom. The van der Waals surface area contributed by atoms with Crippen LogP contribution in [0, 0.1) is 5.92 Å². The fourth-order valence-electron chi connectivity index (χ4n) is 5.40. The molecule has 14 heteroatoms. The van der Waals surface area contributed by atoms with E-state index in [1.165, 1.54) is 42.5 Å². The Hall–Kier alpha value is -4.29. The standard InChI is InChI=1S/C33H30Cl2F3N3O6/c1-32(2,3)47-31(45)40-13-5-6-18(16-40)17-46-26-14-19(30(43)44)9-11-21(26)28-22-15-20(34)10-12-25(22)41(39-28)29(42)27-23(33(36,37)38)7-4-8-24(27)35/h4,7-12,14-15,18H,5-6,13,16-17H2,1-3H3,(H,43,44)/t18-/m0/s1. The molecule has 0 bridgehead atoms. The molecule has 0 radical (unpaired) electrons. The second-order valence-electron chi connectivity index (χ2n) is 12.1. The molecule has 1 N–H and O–H groups in total. The number of benzene rings is 3. The van der Waals surface area contributed by atoms with Crippen molar-refractivity contribution in [2.45, 2.75) is 45.4 Å². The SMILES string of the molecule is CC(C)(C)OC(=O)N1CCC[C@H](COc2cc(C(=O)O)ccc2-c2nn(C(=O)c3c(Cl)cccc3C(F)(F)F)c3ccc(Cl)cc23)C1. The number of hydrogen-bond donors (Lipinski definition) is 1. The number of fused-ring (bicyclic) bond motifs is 1. The van der Waals surface area contributed by atoms with E-state index in [0.29, 0.717) is 24.9 Å². The summed E-state index contributed by atoms with van der Waals surface area (Å²) in [5, 5.41) is 14.3. The molecular weight excluding hydrogens is 662 g/mol. The number of carbonyl (C=O) groups excluding carboxylic acids is 2. The molecule has 0 unspecified atom stereocenters. The minimum absolute atomic E-state index is 0.0912. The Labute approximate surface area is 277 Å². The summed E-state index contributed by atoms with van der Waals surface area (Å²) in [6.45, 7) is 6.31. The predicted molar refractivity (Wildman–Crippen MR) is 169 cm³/mol. The Balaban J connectivity index is 1.55. The van der Waals surface area contributed by atoms with Gasteiger partial charge in [0.05, 0.1) is 33.8 Å². The minimum Gasteiger partial charge on any atom is -0.492 e. The second-order valence-corrected chi connectivity index (χ2v) is 13.0. The van der Waals surface area contributed by atoms with Gasteiger partial charge in [-0.1, -0.05) is 29.3 Å². The number of carboxylic acid groups (broad SMARTS) is 1. The second kappa shape index (κ2) is 13.1. The third-order valence-electron chi connectivity index (χ3n) is 7.50. The first kappa shape index (κ1) is 34.1. The smallest absolute Gasteiger partial charge is 0.417 e. The van der Waals surface area contributed by atoms with Crippen LogP contribution in [-0.2, 0) is 10.9 Å². The molecule has 248 valence electrons. The van der Waals surface area contributed by atoms with Crippen LogP contribution >= 0.6 is 23.2 Å². The van der Waals surface area contributed by atoms with Crippen LogP contribution < -0.4 is 4.74 Å². The van der Waals surface area contributed by atoms with Gasteiger partial charge in [0, 0.05) is 35.0 Å². The Morgan fingerprint density at radius 3 is 2.47 bits per heavy atom. The molecule has 47 heavy (non-hydrogen) atoms. The van der Waals surface area contributed by atoms with Gasteiger partial charge in [-0.3, -0.25) is 4.79 Å². The predicted octanol–water partition coefficient (Wildman–Crippen LogP) is 8.44. The number of aromatic carboxylic acids is 1. The van der Waals surface area contributed by atoms with Crippen LogP contribution in [-0.4, -0.2) is 63.1 Å². The van der Waals surface area contributed by atoms with Gasteiger partial charge in [-0.15, -0.1) is 0 Å². The summed E-state index contributed by atoms with van der Waals surface area (Å²) in [7, 11) is 0. The Kier molecular flexibility index (Phi) is 9.47. The van der Waals surface area contributed by atoms with Gasteiger partial charge >= 0.3 is 18.2 Å². The van der Waals surface area contributed by atoms with Crippen molar-refractivity contribution in [1.29, 1.82) is 0 Å². The van der Waals surface area contributed by atoms with Crippen LogP contribution in [0.4, 0.5) is 18.0 Å². The van der Waals surface area contributed by atoms with Gasteiger partial charge in [0.1, 0.15) is 17.0 Å². The number of amides is 1. The largest absolute Gasteiger partial charge is 0.492 e. The van der Waals surface area contributed by atoms with Gasteiger partial charge < -0.3 is 19.5 Å². The third-order valence-corrected chi connectivity index (χ3v) is 8.05. The quantitative estimate of drug-likeness (QED) is 0.216. The zero-order chi connectivity index (χ0) is 34.3. The summed E-state index contributed by atoms with van der Waals surface area (Å²) in [4.78, 5) is 39.9. The van der Waals surface area contributed by atoms with Crippen LogP contribution in [0.2, 0.25) is 10.0 Å². The molecule has 9 nitrogen and oxygen atoms in total. The molecule has 1 aliphatic heterocycles. The lowest BCUT2D eigenvalue weighted by Crippen LogP contribution is -2.44. The number of halogens is 5. The number of rotatable bonds is 6. The molecule has 1 atom stereocenters. The van der Waals surface area contributed by atoms with Crippen LogP contribution in [0.25, 0.3) is 22.2 Å². The number of nitrogens with zero attached hydrogens (tertiary/aromatic N) is 3. The Bertz CT molecular complexity index is 1870. The number of likely N-dealkylation sites (tertiary alicyclic amines) is 1. The average molecular weight is 693 g/mol. The molecule has 1 amide bonds. The first-order valence-corrected chi connectivity index (χ1v) is 15.4. The topological polar surface area (TPSA) is 111 Å². The van der Waals surface area contributed by atoms with Crippen LogP contribution in [0.15, 0.2) is 54.6 Å². The van der Waals surface area contributed by atoms with Crippen LogP contribution in [0.1, 0.15) is 59.9 Å². The van der Waals surface area contributed by atoms with Gasteiger partial charge in [0.25, 0.3) is 5.91 Å². The number of ether oxygens (including phenoxy) is 2. The van der Waals surface area contributed by atoms with Crippen molar-refractivity contribution >= 4 is 52.1 Å². The summed E-state index contributed by atoms with van der Waals surface area (Å²) >= 11 is 12.4.